The average Bonchev–Trinajstić information content (AvgIpc) is 2.26. The molecule has 0 saturated heterocycles. The summed E-state index contributed by atoms with van der Waals surface area (Å²) in [6.45, 7) is 2.31. The molecule has 0 radical (unpaired) electrons. The monoisotopic (exact) mass is 193 g/mol. The third-order valence-electron chi connectivity index (χ3n) is 2.00. The van der Waals surface area contributed by atoms with Crippen LogP contribution in [0.1, 0.15) is 23.7 Å². The van der Waals surface area contributed by atoms with Crippen molar-refractivity contribution in [1.29, 1.82) is 0 Å². The summed E-state index contributed by atoms with van der Waals surface area (Å²) in [5, 5.41) is 0. The molecule has 76 valence electrons. The van der Waals surface area contributed by atoms with Crippen molar-refractivity contribution in [1.82, 2.24) is 0 Å². The summed E-state index contributed by atoms with van der Waals surface area (Å²) < 4.78 is 5.17. The molecule has 1 atom stereocenters. The lowest BCUT2D eigenvalue weighted by Crippen LogP contribution is -2.25. The Morgan fingerprint density at radius 3 is 2.57 bits per heavy atom. The standard InChI is InChI=1S/C11H15NO2/c1-2-10(8-12)14-11(13)9-6-4-3-5-7-9/h3-7,10H,2,8,12H2,1H3/t10-/m1/s1. The zero-order valence-electron chi connectivity index (χ0n) is 8.27. The molecule has 3 heteroatoms. The zero-order chi connectivity index (χ0) is 10.4. The number of rotatable bonds is 4. The largest absolute Gasteiger partial charge is 0.457 e. The zero-order valence-corrected chi connectivity index (χ0v) is 8.27. The van der Waals surface area contributed by atoms with Crippen LogP contribution in [0, 0.1) is 0 Å². The van der Waals surface area contributed by atoms with Crippen LogP contribution in [0.5, 0.6) is 0 Å². The van der Waals surface area contributed by atoms with Gasteiger partial charge in [0.2, 0.25) is 0 Å². The number of carbonyl (C=O) groups is 1. The quantitative estimate of drug-likeness (QED) is 0.738. The van der Waals surface area contributed by atoms with Crippen LogP contribution >= 0.6 is 0 Å². The fourth-order valence-corrected chi connectivity index (χ4v) is 1.09. The summed E-state index contributed by atoms with van der Waals surface area (Å²) in [7, 11) is 0. The lowest BCUT2D eigenvalue weighted by molar-refractivity contribution is 0.0312. The van der Waals surface area contributed by atoms with Gasteiger partial charge in [-0.05, 0) is 18.6 Å². The molecule has 0 aliphatic carbocycles. The van der Waals surface area contributed by atoms with Gasteiger partial charge in [0, 0.05) is 6.54 Å². The van der Waals surface area contributed by atoms with Crippen LogP contribution in [-0.4, -0.2) is 18.6 Å². The van der Waals surface area contributed by atoms with Crippen molar-refractivity contribution in [2.45, 2.75) is 19.4 Å². The van der Waals surface area contributed by atoms with E-state index in [1.165, 1.54) is 0 Å². The van der Waals surface area contributed by atoms with Crippen LogP contribution in [-0.2, 0) is 4.74 Å². The lowest BCUT2D eigenvalue weighted by atomic mass is 10.2. The van der Waals surface area contributed by atoms with Crippen LogP contribution in [0.2, 0.25) is 0 Å². The summed E-state index contributed by atoms with van der Waals surface area (Å²) in [5.41, 5.74) is 6.00. The van der Waals surface area contributed by atoms with E-state index in [1.54, 1.807) is 24.3 Å². The highest BCUT2D eigenvalue weighted by Gasteiger charge is 2.11. The fourth-order valence-electron chi connectivity index (χ4n) is 1.09. The maximum absolute atomic E-state index is 11.5. The molecule has 0 unspecified atom stereocenters. The average molecular weight is 193 g/mol. The first kappa shape index (κ1) is 10.7. The number of benzene rings is 1. The molecule has 0 fully saturated rings. The second kappa shape index (κ2) is 5.40. The normalized spacial score (nSPS) is 12.1. The molecule has 0 spiro atoms. The molecule has 1 aromatic carbocycles. The smallest absolute Gasteiger partial charge is 0.338 e. The Balaban J connectivity index is 2.59. The number of hydrogen-bond donors (Lipinski definition) is 1. The van der Waals surface area contributed by atoms with Crippen LogP contribution in [0.25, 0.3) is 0 Å². The first-order valence-corrected chi connectivity index (χ1v) is 4.74. The maximum Gasteiger partial charge on any atom is 0.338 e. The number of nitrogens with two attached hydrogens (primary N) is 1. The Morgan fingerprint density at radius 1 is 1.43 bits per heavy atom. The van der Waals surface area contributed by atoms with E-state index < -0.39 is 0 Å². The van der Waals surface area contributed by atoms with E-state index in [9.17, 15) is 4.79 Å². The third-order valence-corrected chi connectivity index (χ3v) is 2.00. The van der Waals surface area contributed by atoms with Crippen molar-refractivity contribution < 1.29 is 9.53 Å². The Hall–Kier alpha value is -1.35. The second-order valence-electron chi connectivity index (χ2n) is 3.04. The molecule has 2 N–H and O–H groups in total. The van der Waals surface area contributed by atoms with Crippen LogP contribution in [0.4, 0.5) is 0 Å². The molecule has 14 heavy (non-hydrogen) atoms. The van der Waals surface area contributed by atoms with Gasteiger partial charge >= 0.3 is 5.97 Å². The van der Waals surface area contributed by atoms with Gasteiger partial charge in [-0.25, -0.2) is 4.79 Å². The van der Waals surface area contributed by atoms with Gasteiger partial charge in [0.1, 0.15) is 6.10 Å². The molecular formula is C11H15NO2. The Bertz CT molecular complexity index is 281. The fraction of sp³-hybridized carbons (Fsp3) is 0.364. The minimum atomic E-state index is -0.303. The van der Waals surface area contributed by atoms with Gasteiger partial charge in [-0.2, -0.15) is 0 Å². The summed E-state index contributed by atoms with van der Waals surface area (Å²) >= 11 is 0. The molecule has 0 heterocycles. The van der Waals surface area contributed by atoms with Crippen molar-refractivity contribution in [3.05, 3.63) is 35.9 Å². The minimum Gasteiger partial charge on any atom is -0.457 e. The van der Waals surface area contributed by atoms with Crippen molar-refractivity contribution in [2.24, 2.45) is 5.73 Å². The van der Waals surface area contributed by atoms with E-state index in [-0.39, 0.29) is 12.1 Å². The second-order valence-corrected chi connectivity index (χ2v) is 3.04. The molecule has 1 aromatic rings. The summed E-state index contributed by atoms with van der Waals surface area (Å²) in [4.78, 5) is 11.5. The predicted octanol–water partition coefficient (Wildman–Crippen LogP) is 1.58. The third kappa shape index (κ3) is 2.85. The van der Waals surface area contributed by atoms with Crippen molar-refractivity contribution in [3.63, 3.8) is 0 Å². The molecule has 1 rings (SSSR count). The van der Waals surface area contributed by atoms with Gasteiger partial charge in [0.15, 0.2) is 0 Å². The highest BCUT2D eigenvalue weighted by atomic mass is 16.5. The van der Waals surface area contributed by atoms with Gasteiger partial charge in [0.25, 0.3) is 0 Å². The number of carbonyl (C=O) groups excluding carboxylic acids is 1. The summed E-state index contributed by atoms with van der Waals surface area (Å²) in [6, 6.07) is 8.92. The maximum atomic E-state index is 11.5. The molecule has 0 bridgehead atoms. The van der Waals surface area contributed by atoms with Crippen molar-refractivity contribution in [3.8, 4) is 0 Å². The molecule has 0 aliphatic heterocycles. The minimum absolute atomic E-state index is 0.178. The number of esters is 1. The van der Waals surface area contributed by atoms with E-state index in [0.717, 1.165) is 6.42 Å². The molecule has 3 nitrogen and oxygen atoms in total. The number of ether oxygens (including phenoxy) is 1. The van der Waals surface area contributed by atoms with Crippen molar-refractivity contribution >= 4 is 5.97 Å². The first-order valence-electron chi connectivity index (χ1n) is 4.74. The Labute approximate surface area is 83.9 Å². The molecule has 0 aromatic heterocycles. The van der Waals surface area contributed by atoms with Crippen molar-refractivity contribution in [2.75, 3.05) is 6.54 Å². The Morgan fingerprint density at radius 2 is 2.07 bits per heavy atom. The molecular weight excluding hydrogens is 178 g/mol. The first-order chi connectivity index (χ1) is 6.77. The van der Waals surface area contributed by atoms with Gasteiger partial charge in [-0.15, -0.1) is 0 Å². The molecule has 0 aliphatic rings. The highest BCUT2D eigenvalue weighted by molar-refractivity contribution is 5.89. The van der Waals surface area contributed by atoms with Gasteiger partial charge in [0.05, 0.1) is 5.56 Å². The highest BCUT2D eigenvalue weighted by Crippen LogP contribution is 2.04. The van der Waals surface area contributed by atoms with Gasteiger partial charge in [-0.3, -0.25) is 0 Å². The molecule has 0 saturated carbocycles. The van der Waals surface area contributed by atoms with E-state index in [4.69, 9.17) is 10.5 Å². The topological polar surface area (TPSA) is 52.3 Å². The van der Waals surface area contributed by atoms with E-state index >= 15 is 0 Å². The summed E-state index contributed by atoms with van der Waals surface area (Å²) in [5.74, 6) is -0.303. The Kier molecular flexibility index (Phi) is 4.13. The van der Waals surface area contributed by atoms with E-state index in [0.29, 0.717) is 12.1 Å². The van der Waals surface area contributed by atoms with E-state index in [2.05, 4.69) is 0 Å². The van der Waals surface area contributed by atoms with Crippen LogP contribution in [0.3, 0.4) is 0 Å². The number of hydrogen-bond acceptors (Lipinski definition) is 3. The van der Waals surface area contributed by atoms with E-state index in [1.807, 2.05) is 13.0 Å². The predicted molar refractivity (Wildman–Crippen MR) is 55.0 cm³/mol. The van der Waals surface area contributed by atoms with Crippen LogP contribution in [0.15, 0.2) is 30.3 Å². The van der Waals surface area contributed by atoms with Crippen LogP contribution < -0.4 is 5.73 Å². The lowest BCUT2D eigenvalue weighted by Gasteiger charge is -2.13. The van der Waals surface area contributed by atoms with Gasteiger partial charge < -0.3 is 10.5 Å². The molecule has 0 amide bonds. The van der Waals surface area contributed by atoms with Gasteiger partial charge in [-0.1, -0.05) is 25.1 Å². The summed E-state index contributed by atoms with van der Waals surface area (Å²) in [6.07, 6.45) is 0.567. The SMILES string of the molecule is CC[C@H](CN)OC(=O)c1ccccc1.